The molecule has 4 rings (SSSR count). The molecule has 3 aromatic carbocycles. The van der Waals surface area contributed by atoms with E-state index in [0.29, 0.717) is 30.3 Å². The molecule has 0 saturated carbocycles. The van der Waals surface area contributed by atoms with E-state index >= 15 is 0 Å². The summed E-state index contributed by atoms with van der Waals surface area (Å²) in [6.07, 6.45) is 1.07. The number of ether oxygens (including phenoxy) is 1. The third-order valence-electron chi connectivity index (χ3n) is 5.40. The average molecular weight is 468 g/mol. The van der Waals surface area contributed by atoms with Crippen LogP contribution in [0, 0.1) is 13.8 Å². The Morgan fingerprint density at radius 2 is 1.31 bits per heavy atom. The summed E-state index contributed by atoms with van der Waals surface area (Å²) in [7, 11) is 1.64. The van der Waals surface area contributed by atoms with Gasteiger partial charge in [0.25, 0.3) is 0 Å². The lowest BCUT2D eigenvalue weighted by Crippen LogP contribution is -2.12. The molecule has 0 aliphatic carbocycles. The van der Waals surface area contributed by atoms with Crippen molar-refractivity contribution >= 4 is 34.6 Å². The van der Waals surface area contributed by atoms with Gasteiger partial charge in [-0.1, -0.05) is 29.8 Å². The molecule has 0 spiro atoms. The summed E-state index contributed by atoms with van der Waals surface area (Å²) in [5.74, 6) is 2.83. The van der Waals surface area contributed by atoms with Crippen LogP contribution in [0.4, 0.5) is 28.7 Å². The molecule has 0 aliphatic rings. The normalized spacial score (nSPS) is 10.5. The maximum atomic E-state index is 12.4. The van der Waals surface area contributed by atoms with E-state index in [0.717, 1.165) is 28.4 Å². The van der Waals surface area contributed by atoms with Gasteiger partial charge in [0.1, 0.15) is 23.2 Å². The van der Waals surface area contributed by atoms with Crippen LogP contribution in [0.25, 0.3) is 0 Å². The Hall–Kier alpha value is -4.39. The number of amides is 1. The quantitative estimate of drug-likeness (QED) is 0.273. The summed E-state index contributed by atoms with van der Waals surface area (Å²) >= 11 is 0. The highest BCUT2D eigenvalue weighted by Crippen LogP contribution is 2.22. The molecule has 1 amide bonds. The molecular weight excluding hydrogens is 438 g/mol. The van der Waals surface area contributed by atoms with Gasteiger partial charge in [-0.15, -0.1) is 0 Å². The summed E-state index contributed by atoms with van der Waals surface area (Å²) in [6.45, 7) is 3.91. The summed E-state index contributed by atoms with van der Waals surface area (Å²) in [5, 5.41) is 9.56. The van der Waals surface area contributed by atoms with Crippen molar-refractivity contribution in [2.24, 2.45) is 0 Å². The highest BCUT2D eigenvalue weighted by Gasteiger charge is 2.06. The Balaban J connectivity index is 1.32. The van der Waals surface area contributed by atoms with Crippen molar-refractivity contribution < 1.29 is 9.53 Å². The van der Waals surface area contributed by atoms with E-state index in [4.69, 9.17) is 4.74 Å². The number of carbonyl (C=O) groups is 1. The SMILES string of the molecule is COc1ccc(CCC(=O)Nc2ccc(Nc3cc(Nc4ccc(C)cc4)nc(C)n3)cc2)cc1. The Kier molecular flexibility index (Phi) is 7.57. The van der Waals surface area contributed by atoms with Crippen molar-refractivity contribution in [1.29, 1.82) is 0 Å². The van der Waals surface area contributed by atoms with Crippen LogP contribution in [0.5, 0.6) is 5.75 Å². The van der Waals surface area contributed by atoms with Crippen molar-refractivity contribution in [3.63, 3.8) is 0 Å². The number of anilines is 5. The first kappa shape index (κ1) is 23.8. The molecule has 4 aromatic rings. The molecule has 178 valence electrons. The molecule has 7 heteroatoms. The zero-order chi connectivity index (χ0) is 24.6. The molecule has 0 saturated heterocycles. The van der Waals surface area contributed by atoms with Crippen LogP contribution in [0.1, 0.15) is 23.4 Å². The molecule has 0 unspecified atom stereocenters. The predicted molar refractivity (Wildman–Crippen MR) is 141 cm³/mol. The summed E-state index contributed by atoms with van der Waals surface area (Å²) in [4.78, 5) is 21.3. The molecule has 0 atom stereocenters. The molecule has 3 N–H and O–H groups in total. The maximum absolute atomic E-state index is 12.4. The van der Waals surface area contributed by atoms with Crippen LogP contribution >= 0.6 is 0 Å². The zero-order valence-corrected chi connectivity index (χ0v) is 20.1. The number of hydrogen-bond donors (Lipinski definition) is 3. The highest BCUT2D eigenvalue weighted by atomic mass is 16.5. The fraction of sp³-hybridized carbons (Fsp3) is 0.179. The van der Waals surface area contributed by atoms with Crippen molar-refractivity contribution in [1.82, 2.24) is 9.97 Å². The third-order valence-corrected chi connectivity index (χ3v) is 5.40. The first-order valence-electron chi connectivity index (χ1n) is 11.5. The second-order valence-corrected chi connectivity index (χ2v) is 8.28. The molecule has 7 nitrogen and oxygen atoms in total. The first-order valence-corrected chi connectivity index (χ1v) is 11.5. The number of benzene rings is 3. The van der Waals surface area contributed by atoms with Crippen LogP contribution in [0.15, 0.2) is 78.9 Å². The van der Waals surface area contributed by atoms with Crippen molar-refractivity contribution in [2.45, 2.75) is 26.7 Å². The van der Waals surface area contributed by atoms with Gasteiger partial charge in [-0.05, 0) is 74.4 Å². The smallest absolute Gasteiger partial charge is 0.224 e. The van der Waals surface area contributed by atoms with Crippen molar-refractivity contribution in [3.05, 3.63) is 95.8 Å². The number of carbonyl (C=O) groups excluding carboxylic acids is 1. The van der Waals surface area contributed by atoms with E-state index in [9.17, 15) is 4.79 Å². The molecule has 0 aliphatic heterocycles. The van der Waals surface area contributed by atoms with E-state index in [-0.39, 0.29) is 5.91 Å². The van der Waals surface area contributed by atoms with Gasteiger partial charge in [0.2, 0.25) is 5.91 Å². The lowest BCUT2D eigenvalue weighted by Gasteiger charge is -2.11. The molecule has 0 bridgehead atoms. The Bertz CT molecular complexity index is 1270. The lowest BCUT2D eigenvalue weighted by atomic mass is 10.1. The number of aryl methyl sites for hydroxylation is 3. The van der Waals surface area contributed by atoms with Crippen molar-refractivity contribution in [2.75, 3.05) is 23.1 Å². The summed E-state index contributed by atoms with van der Waals surface area (Å²) < 4.78 is 5.17. The minimum atomic E-state index is -0.0280. The number of aromatic nitrogens is 2. The van der Waals surface area contributed by atoms with Crippen LogP contribution in [-0.4, -0.2) is 23.0 Å². The van der Waals surface area contributed by atoms with E-state index < -0.39 is 0 Å². The number of rotatable bonds is 9. The van der Waals surface area contributed by atoms with E-state index in [1.165, 1.54) is 5.56 Å². The van der Waals surface area contributed by atoms with Gasteiger partial charge in [0.15, 0.2) is 0 Å². The maximum Gasteiger partial charge on any atom is 0.224 e. The number of methoxy groups -OCH3 is 1. The minimum Gasteiger partial charge on any atom is -0.497 e. The van der Waals surface area contributed by atoms with Gasteiger partial charge in [0, 0.05) is 29.5 Å². The monoisotopic (exact) mass is 467 g/mol. The second-order valence-electron chi connectivity index (χ2n) is 8.28. The van der Waals surface area contributed by atoms with E-state index in [1.807, 2.05) is 73.7 Å². The van der Waals surface area contributed by atoms with Gasteiger partial charge in [-0.25, -0.2) is 9.97 Å². The van der Waals surface area contributed by atoms with Gasteiger partial charge in [-0.3, -0.25) is 4.79 Å². The largest absolute Gasteiger partial charge is 0.497 e. The standard InChI is InChI=1S/C28H29N5O2/c1-19-4-9-22(10-5-19)31-26-18-27(30-20(2)29-26)32-23-11-13-24(14-12-23)33-28(34)17-8-21-6-15-25(35-3)16-7-21/h4-7,9-16,18H,8,17H2,1-3H3,(H,33,34)(H2,29,30,31,32). The van der Waals surface area contributed by atoms with Crippen LogP contribution in [-0.2, 0) is 11.2 Å². The topological polar surface area (TPSA) is 88.2 Å². The predicted octanol–water partition coefficient (Wildman–Crippen LogP) is 6.16. The van der Waals surface area contributed by atoms with Gasteiger partial charge in [-0.2, -0.15) is 0 Å². The molecule has 1 aromatic heterocycles. The van der Waals surface area contributed by atoms with Crippen LogP contribution < -0.4 is 20.7 Å². The second kappa shape index (κ2) is 11.2. The van der Waals surface area contributed by atoms with E-state index in [2.05, 4.69) is 45.0 Å². The van der Waals surface area contributed by atoms with E-state index in [1.54, 1.807) is 7.11 Å². The minimum absolute atomic E-state index is 0.0280. The molecule has 0 fully saturated rings. The first-order chi connectivity index (χ1) is 17.0. The van der Waals surface area contributed by atoms with Crippen LogP contribution in [0.2, 0.25) is 0 Å². The molecule has 0 radical (unpaired) electrons. The van der Waals surface area contributed by atoms with Gasteiger partial charge in [0.05, 0.1) is 7.11 Å². The molecule has 1 heterocycles. The molecule has 35 heavy (non-hydrogen) atoms. The number of hydrogen-bond acceptors (Lipinski definition) is 6. The lowest BCUT2D eigenvalue weighted by molar-refractivity contribution is -0.116. The fourth-order valence-corrected chi connectivity index (χ4v) is 3.54. The van der Waals surface area contributed by atoms with Crippen molar-refractivity contribution in [3.8, 4) is 5.75 Å². The summed E-state index contributed by atoms with van der Waals surface area (Å²) in [6, 6.07) is 25.3. The van der Waals surface area contributed by atoms with Crippen LogP contribution in [0.3, 0.4) is 0 Å². The molecular formula is C28H29N5O2. The third kappa shape index (κ3) is 7.04. The Labute approximate surface area is 205 Å². The van der Waals surface area contributed by atoms with Gasteiger partial charge >= 0.3 is 0 Å². The number of nitrogens with zero attached hydrogens (tertiary/aromatic N) is 2. The average Bonchev–Trinajstić information content (AvgIpc) is 2.85. The summed E-state index contributed by atoms with van der Waals surface area (Å²) in [5.41, 5.74) is 4.87. The highest BCUT2D eigenvalue weighted by molar-refractivity contribution is 5.91. The van der Waals surface area contributed by atoms with Gasteiger partial charge < -0.3 is 20.7 Å². The fourth-order valence-electron chi connectivity index (χ4n) is 3.54. The number of nitrogens with one attached hydrogen (secondary N) is 3. The zero-order valence-electron chi connectivity index (χ0n) is 20.1. The Morgan fingerprint density at radius 3 is 1.89 bits per heavy atom. The Morgan fingerprint density at radius 1 is 0.771 bits per heavy atom.